The van der Waals surface area contributed by atoms with Gasteiger partial charge in [0.15, 0.2) is 0 Å². The zero-order valence-electron chi connectivity index (χ0n) is 15.9. The second-order valence-corrected chi connectivity index (χ2v) is 9.37. The minimum atomic E-state index is -0.538. The van der Waals surface area contributed by atoms with E-state index in [4.69, 9.17) is 4.74 Å². The van der Waals surface area contributed by atoms with Crippen molar-refractivity contribution in [3.8, 4) is 0 Å². The van der Waals surface area contributed by atoms with E-state index in [1.165, 1.54) is 19.3 Å². The van der Waals surface area contributed by atoms with Crippen LogP contribution in [-0.2, 0) is 9.53 Å². The third-order valence-electron chi connectivity index (χ3n) is 5.98. The lowest BCUT2D eigenvalue weighted by molar-refractivity contribution is -0.129. The lowest BCUT2D eigenvalue weighted by Gasteiger charge is -2.45. The SMILES string of the molecule is CC1(CNC(=O)[C@@H]2[C@H](NC(=O)OC(C)(C)C)[C@H]3C=C[C@@H]2CC3)CCC1. The quantitative estimate of drug-likeness (QED) is 0.765. The maximum atomic E-state index is 12.9. The van der Waals surface area contributed by atoms with Crippen LogP contribution in [0.2, 0.25) is 0 Å². The Morgan fingerprint density at radius 2 is 1.80 bits per heavy atom. The van der Waals surface area contributed by atoms with Crippen molar-refractivity contribution in [3.63, 3.8) is 0 Å². The highest BCUT2D eigenvalue weighted by atomic mass is 16.6. The number of carbonyl (C=O) groups excluding carboxylic acids is 2. The molecule has 4 atom stereocenters. The molecule has 4 aliphatic carbocycles. The molecule has 0 aromatic rings. The average molecular weight is 348 g/mol. The van der Waals surface area contributed by atoms with Crippen LogP contribution in [0.5, 0.6) is 0 Å². The summed E-state index contributed by atoms with van der Waals surface area (Å²) >= 11 is 0. The molecule has 0 radical (unpaired) electrons. The number of hydrogen-bond acceptors (Lipinski definition) is 3. The van der Waals surface area contributed by atoms with Crippen LogP contribution >= 0.6 is 0 Å². The zero-order valence-corrected chi connectivity index (χ0v) is 15.9. The molecule has 5 nitrogen and oxygen atoms in total. The Kier molecular flexibility index (Phi) is 4.86. The van der Waals surface area contributed by atoms with E-state index in [-0.39, 0.29) is 35.1 Å². The maximum Gasteiger partial charge on any atom is 0.407 e. The van der Waals surface area contributed by atoms with Gasteiger partial charge in [-0.2, -0.15) is 0 Å². The fourth-order valence-electron chi connectivity index (χ4n) is 4.37. The fraction of sp³-hybridized carbons (Fsp3) is 0.800. The van der Waals surface area contributed by atoms with Crippen LogP contribution in [-0.4, -0.2) is 30.2 Å². The first-order valence-corrected chi connectivity index (χ1v) is 9.62. The lowest BCUT2D eigenvalue weighted by Crippen LogP contribution is -2.58. The molecule has 0 heterocycles. The second-order valence-electron chi connectivity index (χ2n) is 9.37. The third kappa shape index (κ3) is 4.18. The van der Waals surface area contributed by atoms with Gasteiger partial charge in [-0.15, -0.1) is 0 Å². The van der Waals surface area contributed by atoms with Crippen molar-refractivity contribution in [1.82, 2.24) is 10.6 Å². The Morgan fingerprint density at radius 1 is 1.16 bits per heavy atom. The van der Waals surface area contributed by atoms with Crippen molar-refractivity contribution in [2.24, 2.45) is 23.2 Å². The molecule has 4 rings (SSSR count). The number of ether oxygens (including phenoxy) is 1. The number of amides is 2. The van der Waals surface area contributed by atoms with Gasteiger partial charge in [0.1, 0.15) is 5.60 Å². The van der Waals surface area contributed by atoms with Crippen LogP contribution in [0.1, 0.15) is 59.8 Å². The minimum absolute atomic E-state index is 0.0771. The predicted molar refractivity (Wildman–Crippen MR) is 97.0 cm³/mol. The molecule has 0 saturated heterocycles. The van der Waals surface area contributed by atoms with Gasteiger partial charge in [0.25, 0.3) is 0 Å². The van der Waals surface area contributed by atoms with E-state index in [0.717, 1.165) is 19.4 Å². The van der Waals surface area contributed by atoms with E-state index in [2.05, 4.69) is 29.7 Å². The first-order valence-electron chi connectivity index (χ1n) is 9.62. The molecule has 0 aliphatic heterocycles. The maximum absolute atomic E-state index is 12.9. The van der Waals surface area contributed by atoms with Gasteiger partial charge in [0.2, 0.25) is 5.91 Å². The summed E-state index contributed by atoms with van der Waals surface area (Å²) in [6.07, 6.45) is 9.55. The molecule has 2 N–H and O–H groups in total. The van der Waals surface area contributed by atoms with Gasteiger partial charge in [0, 0.05) is 6.54 Å². The summed E-state index contributed by atoms with van der Waals surface area (Å²) < 4.78 is 5.41. The number of carbonyl (C=O) groups is 2. The first-order chi connectivity index (χ1) is 11.7. The van der Waals surface area contributed by atoms with Crippen molar-refractivity contribution >= 4 is 12.0 Å². The van der Waals surface area contributed by atoms with Crippen LogP contribution in [0, 0.1) is 23.2 Å². The summed E-state index contributed by atoms with van der Waals surface area (Å²) in [4.78, 5) is 25.2. The Bertz CT molecular complexity index is 560. The van der Waals surface area contributed by atoms with Crippen molar-refractivity contribution in [1.29, 1.82) is 0 Å². The van der Waals surface area contributed by atoms with Gasteiger partial charge in [-0.3, -0.25) is 4.79 Å². The molecular weight excluding hydrogens is 316 g/mol. The van der Waals surface area contributed by atoms with Crippen molar-refractivity contribution in [2.75, 3.05) is 6.54 Å². The zero-order chi connectivity index (χ0) is 18.2. The average Bonchev–Trinajstić information content (AvgIpc) is 2.50. The largest absolute Gasteiger partial charge is 0.444 e. The number of fused-ring (bicyclic) bond motifs is 2. The normalized spacial score (nSPS) is 32.6. The van der Waals surface area contributed by atoms with E-state index in [1.807, 2.05) is 20.8 Å². The summed E-state index contributed by atoms with van der Waals surface area (Å²) in [5.74, 6) is 0.305. The molecule has 5 heteroatoms. The summed E-state index contributed by atoms with van der Waals surface area (Å²) in [5.41, 5.74) is -0.280. The van der Waals surface area contributed by atoms with Crippen LogP contribution in [0.15, 0.2) is 12.2 Å². The van der Waals surface area contributed by atoms with Crippen molar-refractivity contribution in [2.45, 2.75) is 71.4 Å². The second kappa shape index (κ2) is 6.65. The van der Waals surface area contributed by atoms with E-state index in [9.17, 15) is 9.59 Å². The van der Waals surface area contributed by atoms with Crippen molar-refractivity contribution < 1.29 is 14.3 Å². The summed E-state index contributed by atoms with van der Waals surface area (Å²) in [6, 6.07) is -0.173. The lowest BCUT2D eigenvalue weighted by atomic mass is 9.65. The third-order valence-corrected chi connectivity index (χ3v) is 5.98. The molecule has 0 aromatic heterocycles. The van der Waals surface area contributed by atoms with Gasteiger partial charge >= 0.3 is 6.09 Å². The summed E-state index contributed by atoms with van der Waals surface area (Å²) in [5, 5.41) is 6.16. The molecule has 2 bridgehead atoms. The molecular formula is C20H32N2O3. The number of rotatable bonds is 4. The first kappa shape index (κ1) is 18.3. The van der Waals surface area contributed by atoms with Gasteiger partial charge < -0.3 is 15.4 Å². The molecule has 4 aliphatic rings. The standard InChI is InChI=1S/C20H32N2O3/c1-19(2,3)25-18(24)22-16-14-8-6-13(7-9-14)15(16)17(23)21-12-20(4)10-5-11-20/h6,8,13-16H,5,7,9-12H2,1-4H3,(H,21,23)(H,22,24)/t13-,14+,15+,16-/m1/s1. The number of nitrogens with one attached hydrogen (secondary N) is 2. The highest BCUT2D eigenvalue weighted by Crippen LogP contribution is 2.42. The number of alkyl carbamates (subject to hydrolysis) is 1. The number of allylic oxidation sites excluding steroid dienone is 1. The molecule has 0 aromatic carbocycles. The van der Waals surface area contributed by atoms with E-state index in [1.54, 1.807) is 0 Å². The fourth-order valence-corrected chi connectivity index (χ4v) is 4.37. The monoisotopic (exact) mass is 348 g/mol. The Morgan fingerprint density at radius 3 is 2.32 bits per heavy atom. The minimum Gasteiger partial charge on any atom is -0.444 e. The van der Waals surface area contributed by atoms with Gasteiger partial charge in [-0.25, -0.2) is 4.79 Å². The summed E-state index contributed by atoms with van der Waals surface area (Å²) in [6.45, 7) is 8.53. The van der Waals surface area contributed by atoms with E-state index >= 15 is 0 Å². The molecule has 0 unspecified atom stereocenters. The Balaban J connectivity index is 1.65. The van der Waals surface area contributed by atoms with Gasteiger partial charge in [-0.05, 0) is 63.7 Å². The Hall–Kier alpha value is -1.52. The van der Waals surface area contributed by atoms with Gasteiger partial charge in [0.05, 0.1) is 12.0 Å². The molecule has 25 heavy (non-hydrogen) atoms. The molecule has 0 spiro atoms. The Labute approximate surface area is 151 Å². The van der Waals surface area contributed by atoms with Crippen LogP contribution < -0.4 is 10.6 Å². The number of hydrogen-bond donors (Lipinski definition) is 2. The molecule has 140 valence electrons. The highest BCUT2D eigenvalue weighted by molar-refractivity contribution is 5.81. The molecule has 2 fully saturated rings. The predicted octanol–water partition coefficient (Wildman–Crippen LogP) is 3.40. The highest BCUT2D eigenvalue weighted by Gasteiger charge is 2.46. The van der Waals surface area contributed by atoms with E-state index < -0.39 is 11.7 Å². The van der Waals surface area contributed by atoms with Crippen LogP contribution in [0.3, 0.4) is 0 Å². The van der Waals surface area contributed by atoms with E-state index in [0.29, 0.717) is 0 Å². The molecule has 2 amide bonds. The van der Waals surface area contributed by atoms with Gasteiger partial charge in [-0.1, -0.05) is 25.5 Å². The van der Waals surface area contributed by atoms with Crippen LogP contribution in [0.25, 0.3) is 0 Å². The smallest absolute Gasteiger partial charge is 0.407 e. The topological polar surface area (TPSA) is 67.4 Å². The summed E-state index contributed by atoms with van der Waals surface area (Å²) in [7, 11) is 0. The molecule has 2 saturated carbocycles. The van der Waals surface area contributed by atoms with Crippen molar-refractivity contribution in [3.05, 3.63) is 12.2 Å². The van der Waals surface area contributed by atoms with Crippen LogP contribution in [0.4, 0.5) is 4.79 Å².